The average molecular weight is 346 g/mol. The number of rotatable bonds is 6. The van der Waals surface area contributed by atoms with Gasteiger partial charge in [-0.2, -0.15) is 0 Å². The van der Waals surface area contributed by atoms with Gasteiger partial charge in [0.1, 0.15) is 11.7 Å². The van der Waals surface area contributed by atoms with Crippen molar-refractivity contribution >= 4 is 51.5 Å². The number of nitrogens with one attached hydrogen (secondary N) is 1. The van der Waals surface area contributed by atoms with Crippen LogP contribution in [0.25, 0.3) is 0 Å². The van der Waals surface area contributed by atoms with Crippen LogP contribution >= 0.6 is 34.7 Å². The minimum atomic E-state index is -0.386. The summed E-state index contributed by atoms with van der Waals surface area (Å²) >= 11 is 7.71. The number of amides is 1. The molecular formula is C12H9ClFN3O2S2. The van der Waals surface area contributed by atoms with Gasteiger partial charge in [-0.3, -0.25) is 14.9 Å². The number of benzene rings is 1. The first-order valence-electron chi connectivity index (χ1n) is 5.69. The van der Waals surface area contributed by atoms with Crippen molar-refractivity contribution in [3.05, 3.63) is 35.6 Å². The molecule has 9 heteroatoms. The molecule has 0 spiro atoms. The number of nitrogens with zero attached hydrogens (tertiary/aromatic N) is 2. The van der Waals surface area contributed by atoms with Gasteiger partial charge in [-0.05, 0) is 24.3 Å². The fourth-order valence-corrected chi connectivity index (χ4v) is 3.05. The number of carbonyl (C=O) groups excluding carboxylic acids is 2. The van der Waals surface area contributed by atoms with Gasteiger partial charge in [0, 0.05) is 5.56 Å². The van der Waals surface area contributed by atoms with E-state index in [9.17, 15) is 14.0 Å². The van der Waals surface area contributed by atoms with Crippen molar-refractivity contribution in [3.63, 3.8) is 0 Å². The number of alkyl halides is 1. The highest BCUT2D eigenvalue weighted by Crippen LogP contribution is 2.26. The molecule has 1 amide bonds. The molecule has 0 bridgehead atoms. The molecule has 0 atom stereocenters. The molecule has 0 aliphatic rings. The van der Waals surface area contributed by atoms with Gasteiger partial charge in [-0.25, -0.2) is 4.39 Å². The summed E-state index contributed by atoms with van der Waals surface area (Å²) in [6.07, 6.45) is 0. The Morgan fingerprint density at radius 1 is 1.29 bits per heavy atom. The zero-order valence-corrected chi connectivity index (χ0v) is 12.9. The smallest absolute Gasteiger partial charge is 0.241 e. The summed E-state index contributed by atoms with van der Waals surface area (Å²) in [6, 6.07) is 5.35. The Labute approximate surface area is 132 Å². The predicted octanol–water partition coefficient (Wildman–Crippen LogP) is 2.83. The summed E-state index contributed by atoms with van der Waals surface area (Å²) in [5.74, 6) is -0.897. The monoisotopic (exact) mass is 345 g/mol. The topological polar surface area (TPSA) is 72.0 Å². The van der Waals surface area contributed by atoms with E-state index in [0.717, 1.165) is 11.3 Å². The van der Waals surface area contributed by atoms with Crippen LogP contribution in [0.3, 0.4) is 0 Å². The second kappa shape index (κ2) is 7.48. The van der Waals surface area contributed by atoms with E-state index in [0.29, 0.717) is 15.0 Å². The van der Waals surface area contributed by atoms with Crippen LogP contribution in [0.5, 0.6) is 0 Å². The largest absolute Gasteiger partial charge is 0.299 e. The van der Waals surface area contributed by atoms with Crippen molar-refractivity contribution < 1.29 is 14.0 Å². The summed E-state index contributed by atoms with van der Waals surface area (Å²) in [7, 11) is 0. The molecule has 21 heavy (non-hydrogen) atoms. The van der Waals surface area contributed by atoms with Gasteiger partial charge in [0.15, 0.2) is 10.1 Å². The molecule has 0 aliphatic heterocycles. The maximum atomic E-state index is 12.8. The molecule has 0 aliphatic carbocycles. The maximum absolute atomic E-state index is 12.8. The summed E-state index contributed by atoms with van der Waals surface area (Å²) < 4.78 is 13.3. The van der Waals surface area contributed by atoms with Gasteiger partial charge < -0.3 is 0 Å². The minimum absolute atomic E-state index is 0.137. The molecule has 0 unspecified atom stereocenters. The standard InChI is InChI=1S/C12H9ClFN3O2S2/c13-5-10(19)15-11-16-17-12(21-11)20-6-9(18)7-1-3-8(14)4-2-7/h1-4H,5-6H2,(H,15,16,19). The van der Waals surface area contributed by atoms with Gasteiger partial charge >= 0.3 is 0 Å². The van der Waals surface area contributed by atoms with Crippen molar-refractivity contribution in [3.8, 4) is 0 Å². The van der Waals surface area contributed by atoms with Crippen LogP contribution in [0.2, 0.25) is 0 Å². The first-order valence-corrected chi connectivity index (χ1v) is 8.03. The fraction of sp³-hybridized carbons (Fsp3) is 0.167. The third-order valence-electron chi connectivity index (χ3n) is 2.27. The Morgan fingerprint density at radius 2 is 2.00 bits per heavy atom. The quantitative estimate of drug-likeness (QED) is 0.377. The Balaban J connectivity index is 1.89. The number of anilines is 1. The van der Waals surface area contributed by atoms with Crippen molar-refractivity contribution in [2.45, 2.75) is 4.34 Å². The Hall–Kier alpha value is -1.51. The zero-order valence-electron chi connectivity index (χ0n) is 10.5. The van der Waals surface area contributed by atoms with Crippen LogP contribution in [-0.2, 0) is 4.79 Å². The fourth-order valence-electron chi connectivity index (χ4n) is 1.32. The van der Waals surface area contributed by atoms with E-state index in [4.69, 9.17) is 11.6 Å². The molecule has 2 aromatic rings. The third kappa shape index (κ3) is 4.76. The summed E-state index contributed by atoms with van der Waals surface area (Å²) in [5, 5.41) is 10.4. The van der Waals surface area contributed by atoms with Gasteiger partial charge in [-0.1, -0.05) is 23.1 Å². The molecule has 1 aromatic heterocycles. The Kier molecular flexibility index (Phi) is 5.66. The van der Waals surface area contributed by atoms with Gasteiger partial charge in [0.25, 0.3) is 0 Å². The van der Waals surface area contributed by atoms with Crippen LogP contribution in [0, 0.1) is 5.82 Å². The van der Waals surface area contributed by atoms with Crippen LogP contribution in [0.1, 0.15) is 10.4 Å². The van der Waals surface area contributed by atoms with Crippen LogP contribution in [0.4, 0.5) is 9.52 Å². The van der Waals surface area contributed by atoms with E-state index in [-0.39, 0.29) is 29.1 Å². The first-order chi connectivity index (χ1) is 10.1. The molecule has 0 saturated heterocycles. The van der Waals surface area contributed by atoms with E-state index in [1.54, 1.807) is 0 Å². The Morgan fingerprint density at radius 3 is 2.67 bits per heavy atom. The highest BCUT2D eigenvalue weighted by atomic mass is 35.5. The van der Waals surface area contributed by atoms with E-state index in [2.05, 4.69) is 15.5 Å². The molecule has 5 nitrogen and oxygen atoms in total. The zero-order chi connectivity index (χ0) is 15.2. The molecule has 1 N–H and O–H groups in total. The normalized spacial score (nSPS) is 10.4. The number of ketones is 1. The summed E-state index contributed by atoms with van der Waals surface area (Å²) in [6.45, 7) is 0. The molecule has 1 heterocycles. The average Bonchev–Trinajstić information content (AvgIpc) is 2.93. The van der Waals surface area contributed by atoms with Crippen LogP contribution in [0.15, 0.2) is 28.6 Å². The van der Waals surface area contributed by atoms with Crippen molar-refractivity contribution in [1.29, 1.82) is 0 Å². The van der Waals surface area contributed by atoms with E-state index >= 15 is 0 Å². The molecular weight excluding hydrogens is 337 g/mol. The lowest BCUT2D eigenvalue weighted by Gasteiger charge is -1.98. The lowest BCUT2D eigenvalue weighted by molar-refractivity contribution is -0.113. The minimum Gasteiger partial charge on any atom is -0.299 e. The molecule has 0 radical (unpaired) electrons. The van der Waals surface area contributed by atoms with Crippen molar-refractivity contribution in [1.82, 2.24) is 10.2 Å². The lowest BCUT2D eigenvalue weighted by Crippen LogP contribution is -2.12. The van der Waals surface area contributed by atoms with Crippen molar-refractivity contribution in [2.75, 3.05) is 16.9 Å². The molecule has 2 rings (SSSR count). The highest BCUT2D eigenvalue weighted by Gasteiger charge is 2.11. The highest BCUT2D eigenvalue weighted by molar-refractivity contribution is 8.01. The summed E-state index contributed by atoms with van der Waals surface area (Å²) in [4.78, 5) is 23.0. The van der Waals surface area contributed by atoms with E-state index in [1.165, 1.54) is 36.0 Å². The van der Waals surface area contributed by atoms with E-state index in [1.807, 2.05) is 0 Å². The van der Waals surface area contributed by atoms with Crippen LogP contribution < -0.4 is 5.32 Å². The number of halogens is 2. The molecule has 0 fully saturated rings. The predicted molar refractivity (Wildman–Crippen MR) is 80.7 cm³/mol. The molecule has 1 aromatic carbocycles. The lowest BCUT2D eigenvalue weighted by atomic mass is 10.1. The van der Waals surface area contributed by atoms with E-state index < -0.39 is 0 Å². The first kappa shape index (κ1) is 15.9. The van der Waals surface area contributed by atoms with Gasteiger partial charge in [0.05, 0.1) is 5.75 Å². The Bertz CT molecular complexity index is 648. The van der Waals surface area contributed by atoms with Crippen molar-refractivity contribution in [2.24, 2.45) is 0 Å². The van der Waals surface area contributed by atoms with Gasteiger partial charge in [-0.15, -0.1) is 21.8 Å². The number of hydrogen-bond acceptors (Lipinski definition) is 6. The maximum Gasteiger partial charge on any atom is 0.241 e. The van der Waals surface area contributed by atoms with Crippen LogP contribution in [-0.4, -0.2) is 33.5 Å². The third-order valence-corrected chi connectivity index (χ3v) is 4.48. The SMILES string of the molecule is O=C(CCl)Nc1nnc(SCC(=O)c2ccc(F)cc2)s1. The number of carbonyl (C=O) groups is 2. The molecule has 110 valence electrons. The number of thioether (sulfide) groups is 1. The van der Waals surface area contributed by atoms with Gasteiger partial charge in [0.2, 0.25) is 11.0 Å². The summed E-state index contributed by atoms with van der Waals surface area (Å²) in [5.41, 5.74) is 0.434. The number of hydrogen-bond donors (Lipinski definition) is 1. The second-order valence-electron chi connectivity index (χ2n) is 3.77. The molecule has 0 saturated carbocycles. The number of aromatic nitrogens is 2. The second-order valence-corrected chi connectivity index (χ2v) is 6.24. The number of Topliss-reactive ketones (excluding diaryl/α,β-unsaturated/α-hetero) is 1.